The minimum atomic E-state index is -0.296. The number of hydrogen-bond donors (Lipinski definition) is 0. The number of benzene rings is 1. The summed E-state index contributed by atoms with van der Waals surface area (Å²) in [5.41, 5.74) is 2.09. The van der Waals surface area contributed by atoms with E-state index in [2.05, 4.69) is 14.6 Å². The second-order valence-corrected chi connectivity index (χ2v) is 6.57. The van der Waals surface area contributed by atoms with Crippen molar-refractivity contribution in [3.05, 3.63) is 66.3 Å². The molecule has 1 amide bonds. The maximum atomic E-state index is 13.1. The Labute approximate surface area is 150 Å². The van der Waals surface area contributed by atoms with Crippen molar-refractivity contribution in [2.24, 2.45) is 0 Å². The molecule has 1 saturated heterocycles. The van der Waals surface area contributed by atoms with Gasteiger partial charge in [0.05, 0.1) is 29.5 Å². The van der Waals surface area contributed by atoms with Crippen LogP contribution in [0.3, 0.4) is 0 Å². The number of amides is 1. The average Bonchev–Trinajstić information content (AvgIpc) is 3.32. The molecule has 0 bridgehead atoms. The smallest absolute Gasteiger partial charge is 0.257 e. The van der Waals surface area contributed by atoms with Crippen molar-refractivity contribution in [1.82, 2.24) is 24.2 Å². The SMILES string of the molecule is Cc1c(C(=O)N2CCC(n3ccnc3)CC2)cnn1-c1ccc(F)cc1. The van der Waals surface area contributed by atoms with Gasteiger partial charge in [-0.3, -0.25) is 4.79 Å². The van der Waals surface area contributed by atoms with Gasteiger partial charge in [-0.15, -0.1) is 0 Å². The van der Waals surface area contributed by atoms with E-state index in [0.29, 0.717) is 24.7 Å². The molecule has 0 atom stereocenters. The van der Waals surface area contributed by atoms with Crippen LogP contribution in [0.4, 0.5) is 4.39 Å². The second-order valence-electron chi connectivity index (χ2n) is 6.57. The first-order chi connectivity index (χ1) is 12.6. The summed E-state index contributed by atoms with van der Waals surface area (Å²) in [5.74, 6) is -0.296. The lowest BCUT2D eigenvalue weighted by atomic mass is 10.0. The molecule has 1 fully saturated rings. The van der Waals surface area contributed by atoms with E-state index >= 15 is 0 Å². The number of carbonyl (C=O) groups excluding carboxylic acids is 1. The monoisotopic (exact) mass is 353 g/mol. The molecule has 1 aliphatic rings. The second kappa shape index (κ2) is 6.74. The fraction of sp³-hybridized carbons (Fsp3) is 0.316. The number of carbonyl (C=O) groups is 1. The topological polar surface area (TPSA) is 56.0 Å². The molecule has 0 spiro atoms. The molecule has 0 radical (unpaired) electrons. The van der Waals surface area contributed by atoms with Crippen LogP contribution in [0.25, 0.3) is 5.69 Å². The maximum absolute atomic E-state index is 13.1. The number of nitrogens with zero attached hydrogens (tertiary/aromatic N) is 5. The number of rotatable bonds is 3. The van der Waals surface area contributed by atoms with E-state index < -0.39 is 0 Å². The molecule has 0 N–H and O–H groups in total. The van der Waals surface area contributed by atoms with E-state index in [1.807, 2.05) is 24.3 Å². The highest BCUT2D eigenvalue weighted by atomic mass is 19.1. The van der Waals surface area contributed by atoms with Crippen LogP contribution in [-0.4, -0.2) is 43.2 Å². The Bertz CT molecular complexity index is 893. The molecule has 0 aliphatic carbocycles. The molecular weight excluding hydrogens is 333 g/mol. The van der Waals surface area contributed by atoms with E-state index in [0.717, 1.165) is 24.2 Å². The molecule has 26 heavy (non-hydrogen) atoms. The molecule has 7 heteroatoms. The van der Waals surface area contributed by atoms with Crippen molar-refractivity contribution in [3.63, 3.8) is 0 Å². The zero-order valence-corrected chi connectivity index (χ0v) is 14.5. The van der Waals surface area contributed by atoms with Crippen LogP contribution in [-0.2, 0) is 0 Å². The van der Waals surface area contributed by atoms with Gasteiger partial charge in [-0.2, -0.15) is 5.10 Å². The summed E-state index contributed by atoms with van der Waals surface area (Å²) in [7, 11) is 0. The summed E-state index contributed by atoms with van der Waals surface area (Å²) in [4.78, 5) is 18.9. The summed E-state index contributed by atoms with van der Waals surface area (Å²) in [6, 6.07) is 6.47. The van der Waals surface area contributed by atoms with Crippen molar-refractivity contribution in [2.75, 3.05) is 13.1 Å². The largest absolute Gasteiger partial charge is 0.338 e. The molecule has 134 valence electrons. The van der Waals surface area contributed by atoms with Crippen LogP contribution < -0.4 is 0 Å². The van der Waals surface area contributed by atoms with Gasteiger partial charge >= 0.3 is 0 Å². The number of likely N-dealkylation sites (tertiary alicyclic amines) is 1. The van der Waals surface area contributed by atoms with Gasteiger partial charge in [0.15, 0.2) is 0 Å². The molecule has 1 aromatic carbocycles. The number of halogens is 1. The highest BCUT2D eigenvalue weighted by Gasteiger charge is 2.26. The van der Waals surface area contributed by atoms with Crippen LogP contribution in [0.1, 0.15) is 34.9 Å². The zero-order valence-electron chi connectivity index (χ0n) is 14.5. The number of piperidine rings is 1. The first-order valence-electron chi connectivity index (χ1n) is 8.71. The molecule has 0 unspecified atom stereocenters. The molecular formula is C19H20FN5O. The summed E-state index contributed by atoms with van der Waals surface area (Å²) < 4.78 is 16.9. The lowest BCUT2D eigenvalue weighted by Gasteiger charge is -2.32. The van der Waals surface area contributed by atoms with Crippen molar-refractivity contribution in [2.45, 2.75) is 25.8 Å². The van der Waals surface area contributed by atoms with Crippen LogP contribution in [0, 0.1) is 12.7 Å². The minimum absolute atomic E-state index is 0.0000530. The predicted molar refractivity (Wildman–Crippen MR) is 94.7 cm³/mol. The Morgan fingerprint density at radius 1 is 1.19 bits per heavy atom. The lowest BCUT2D eigenvalue weighted by molar-refractivity contribution is 0.0694. The Morgan fingerprint density at radius 2 is 1.92 bits per heavy atom. The van der Waals surface area contributed by atoms with E-state index in [1.165, 1.54) is 12.1 Å². The van der Waals surface area contributed by atoms with Crippen LogP contribution >= 0.6 is 0 Å². The first-order valence-corrected chi connectivity index (χ1v) is 8.71. The highest BCUT2D eigenvalue weighted by molar-refractivity contribution is 5.95. The molecule has 2 aromatic heterocycles. The Morgan fingerprint density at radius 3 is 2.58 bits per heavy atom. The molecule has 3 heterocycles. The van der Waals surface area contributed by atoms with E-state index in [4.69, 9.17) is 0 Å². The Balaban J connectivity index is 1.48. The lowest BCUT2D eigenvalue weighted by Crippen LogP contribution is -2.39. The van der Waals surface area contributed by atoms with Gasteiger partial charge in [0.2, 0.25) is 0 Å². The standard InChI is InChI=1S/C19H20FN5O/c1-14-18(12-22-25(14)17-4-2-15(20)3-5-17)19(26)23-9-6-16(7-10-23)24-11-8-21-13-24/h2-5,8,11-13,16H,6-7,9-10H2,1H3. The van der Waals surface area contributed by atoms with Gasteiger partial charge in [-0.25, -0.2) is 14.1 Å². The highest BCUT2D eigenvalue weighted by Crippen LogP contribution is 2.24. The third-order valence-corrected chi connectivity index (χ3v) is 5.01. The summed E-state index contributed by atoms with van der Waals surface area (Å²) in [6.45, 7) is 3.29. The third-order valence-electron chi connectivity index (χ3n) is 5.01. The molecule has 1 aliphatic heterocycles. The zero-order chi connectivity index (χ0) is 18.1. The summed E-state index contributed by atoms with van der Waals surface area (Å²) in [5, 5.41) is 4.32. The number of aromatic nitrogens is 4. The molecule has 6 nitrogen and oxygen atoms in total. The van der Waals surface area contributed by atoms with Gasteiger partial charge in [0.1, 0.15) is 5.82 Å². The van der Waals surface area contributed by atoms with E-state index in [1.54, 1.807) is 29.2 Å². The van der Waals surface area contributed by atoms with E-state index in [9.17, 15) is 9.18 Å². The summed E-state index contributed by atoms with van der Waals surface area (Å²) >= 11 is 0. The van der Waals surface area contributed by atoms with Crippen LogP contribution in [0.15, 0.2) is 49.2 Å². The van der Waals surface area contributed by atoms with Crippen molar-refractivity contribution < 1.29 is 9.18 Å². The van der Waals surface area contributed by atoms with Gasteiger partial charge in [-0.1, -0.05) is 0 Å². The molecule has 4 rings (SSSR count). The summed E-state index contributed by atoms with van der Waals surface area (Å²) in [6.07, 6.45) is 9.01. The quantitative estimate of drug-likeness (QED) is 0.727. The minimum Gasteiger partial charge on any atom is -0.338 e. The van der Waals surface area contributed by atoms with Gasteiger partial charge in [-0.05, 0) is 44.0 Å². The van der Waals surface area contributed by atoms with Gasteiger partial charge in [0.25, 0.3) is 5.91 Å². The number of hydrogen-bond acceptors (Lipinski definition) is 3. The van der Waals surface area contributed by atoms with Crippen molar-refractivity contribution >= 4 is 5.91 Å². The fourth-order valence-electron chi connectivity index (χ4n) is 3.49. The van der Waals surface area contributed by atoms with Gasteiger partial charge in [0, 0.05) is 31.5 Å². The van der Waals surface area contributed by atoms with Crippen LogP contribution in [0.5, 0.6) is 0 Å². The maximum Gasteiger partial charge on any atom is 0.257 e. The van der Waals surface area contributed by atoms with Crippen molar-refractivity contribution in [1.29, 1.82) is 0 Å². The molecule has 0 saturated carbocycles. The Kier molecular flexibility index (Phi) is 4.28. The average molecular weight is 353 g/mol. The third kappa shape index (κ3) is 3.00. The normalized spacial score (nSPS) is 15.4. The molecule has 3 aromatic rings. The predicted octanol–water partition coefficient (Wildman–Crippen LogP) is 2.99. The number of imidazole rings is 1. The van der Waals surface area contributed by atoms with E-state index in [-0.39, 0.29) is 11.7 Å². The Hall–Kier alpha value is -2.96. The first kappa shape index (κ1) is 16.5. The van der Waals surface area contributed by atoms with Crippen molar-refractivity contribution in [3.8, 4) is 5.69 Å². The fourth-order valence-corrected chi connectivity index (χ4v) is 3.49. The van der Waals surface area contributed by atoms with Gasteiger partial charge < -0.3 is 9.47 Å². The van der Waals surface area contributed by atoms with Crippen LogP contribution in [0.2, 0.25) is 0 Å².